The molecule has 1 heterocycles. The number of aryl methyl sites for hydroxylation is 2. The number of hydrogen-bond donors (Lipinski definition) is 1. The monoisotopic (exact) mass is 226 g/mol. The van der Waals surface area contributed by atoms with Crippen LogP contribution in [0.5, 0.6) is 0 Å². The molecule has 1 aromatic rings. The molecule has 3 heteroatoms. The number of nitrogens with zero attached hydrogens (tertiary/aromatic N) is 1. The van der Waals surface area contributed by atoms with Gasteiger partial charge in [0.1, 0.15) is 0 Å². The van der Waals surface area contributed by atoms with Crippen molar-refractivity contribution >= 4 is 11.3 Å². The van der Waals surface area contributed by atoms with Gasteiger partial charge in [-0.05, 0) is 26.3 Å². The van der Waals surface area contributed by atoms with Crippen molar-refractivity contribution in [3.63, 3.8) is 0 Å². The highest BCUT2D eigenvalue weighted by Crippen LogP contribution is 2.16. The molecule has 1 aromatic heterocycles. The van der Waals surface area contributed by atoms with Crippen LogP contribution in [0.25, 0.3) is 0 Å². The van der Waals surface area contributed by atoms with Crippen LogP contribution in [0, 0.1) is 19.8 Å². The largest absolute Gasteiger partial charge is 0.311 e. The molecule has 1 N–H and O–H groups in total. The first-order valence-electron chi connectivity index (χ1n) is 5.81. The fourth-order valence-electron chi connectivity index (χ4n) is 1.71. The van der Waals surface area contributed by atoms with E-state index in [-0.39, 0.29) is 0 Å². The molecule has 0 atom stereocenters. The Morgan fingerprint density at radius 3 is 2.40 bits per heavy atom. The molecule has 0 aromatic carbocycles. The molecule has 86 valence electrons. The SMILES string of the molecule is CCC(CC)CNCc1nc(C)sc1C. The zero-order valence-corrected chi connectivity index (χ0v) is 11.1. The van der Waals surface area contributed by atoms with E-state index in [9.17, 15) is 0 Å². The maximum absolute atomic E-state index is 4.51. The summed E-state index contributed by atoms with van der Waals surface area (Å²) in [5.41, 5.74) is 1.23. The molecule has 0 saturated heterocycles. The van der Waals surface area contributed by atoms with Crippen molar-refractivity contribution in [3.8, 4) is 0 Å². The average molecular weight is 226 g/mol. The minimum atomic E-state index is 0.810. The fourth-order valence-corrected chi connectivity index (χ4v) is 2.54. The summed E-state index contributed by atoms with van der Waals surface area (Å²) in [6.07, 6.45) is 2.52. The van der Waals surface area contributed by atoms with Crippen LogP contribution in [0.2, 0.25) is 0 Å². The summed E-state index contributed by atoms with van der Waals surface area (Å²) >= 11 is 1.79. The van der Waals surface area contributed by atoms with Crippen LogP contribution < -0.4 is 5.32 Å². The van der Waals surface area contributed by atoms with Gasteiger partial charge in [0.15, 0.2) is 0 Å². The second kappa shape index (κ2) is 6.23. The van der Waals surface area contributed by atoms with E-state index >= 15 is 0 Å². The van der Waals surface area contributed by atoms with Crippen molar-refractivity contribution < 1.29 is 0 Å². The van der Waals surface area contributed by atoms with E-state index in [2.05, 4.69) is 38.0 Å². The minimum absolute atomic E-state index is 0.810. The molecule has 0 unspecified atom stereocenters. The van der Waals surface area contributed by atoms with E-state index in [0.717, 1.165) is 19.0 Å². The zero-order valence-electron chi connectivity index (χ0n) is 10.3. The molecule has 1 rings (SSSR count). The van der Waals surface area contributed by atoms with E-state index < -0.39 is 0 Å². The van der Waals surface area contributed by atoms with Crippen LogP contribution in [0.3, 0.4) is 0 Å². The quantitative estimate of drug-likeness (QED) is 0.805. The summed E-state index contributed by atoms with van der Waals surface area (Å²) in [6, 6.07) is 0. The number of rotatable bonds is 6. The first kappa shape index (κ1) is 12.7. The molecule has 0 spiro atoms. The molecule has 0 saturated carbocycles. The van der Waals surface area contributed by atoms with Crippen molar-refractivity contribution in [2.75, 3.05) is 6.54 Å². The van der Waals surface area contributed by atoms with Gasteiger partial charge >= 0.3 is 0 Å². The molecular weight excluding hydrogens is 204 g/mol. The molecule has 0 aliphatic heterocycles. The third-order valence-corrected chi connectivity index (χ3v) is 3.81. The fraction of sp³-hybridized carbons (Fsp3) is 0.750. The second-order valence-electron chi connectivity index (χ2n) is 4.05. The van der Waals surface area contributed by atoms with Crippen LogP contribution in [0.4, 0.5) is 0 Å². The lowest BCUT2D eigenvalue weighted by molar-refractivity contribution is 0.448. The van der Waals surface area contributed by atoms with Crippen LogP contribution in [0.15, 0.2) is 0 Å². The Balaban J connectivity index is 2.34. The van der Waals surface area contributed by atoms with E-state index in [0.29, 0.717) is 0 Å². The molecule has 0 aliphatic carbocycles. The summed E-state index contributed by atoms with van der Waals surface area (Å²) in [4.78, 5) is 5.87. The average Bonchev–Trinajstić information content (AvgIpc) is 2.52. The Bertz CT molecular complexity index is 290. The first-order valence-corrected chi connectivity index (χ1v) is 6.62. The van der Waals surface area contributed by atoms with Crippen molar-refractivity contribution in [2.24, 2.45) is 5.92 Å². The molecule has 2 nitrogen and oxygen atoms in total. The lowest BCUT2D eigenvalue weighted by Crippen LogP contribution is -2.22. The summed E-state index contributed by atoms with van der Waals surface area (Å²) in [7, 11) is 0. The van der Waals surface area contributed by atoms with Gasteiger partial charge in [0.05, 0.1) is 10.7 Å². The normalized spacial score (nSPS) is 11.3. The van der Waals surface area contributed by atoms with Crippen molar-refractivity contribution in [3.05, 3.63) is 15.6 Å². The Hall–Kier alpha value is -0.410. The predicted octanol–water partition coefficient (Wildman–Crippen LogP) is 3.29. The van der Waals surface area contributed by atoms with Gasteiger partial charge in [-0.3, -0.25) is 0 Å². The van der Waals surface area contributed by atoms with Gasteiger partial charge in [-0.1, -0.05) is 26.7 Å². The topological polar surface area (TPSA) is 24.9 Å². The number of hydrogen-bond acceptors (Lipinski definition) is 3. The molecule has 0 radical (unpaired) electrons. The summed E-state index contributed by atoms with van der Waals surface area (Å²) < 4.78 is 0. The Morgan fingerprint density at radius 1 is 1.27 bits per heavy atom. The van der Waals surface area contributed by atoms with E-state index in [1.165, 1.54) is 28.4 Å². The standard InChI is InChI=1S/C12H22N2S/c1-5-11(6-2)7-13-8-12-9(3)15-10(4)14-12/h11,13H,5-8H2,1-4H3. The summed E-state index contributed by atoms with van der Waals surface area (Å²) in [6.45, 7) is 10.8. The summed E-state index contributed by atoms with van der Waals surface area (Å²) in [5, 5.41) is 4.67. The van der Waals surface area contributed by atoms with Crippen molar-refractivity contribution in [2.45, 2.75) is 47.1 Å². The van der Waals surface area contributed by atoms with Crippen molar-refractivity contribution in [1.82, 2.24) is 10.3 Å². The molecule has 0 amide bonds. The Morgan fingerprint density at radius 2 is 1.93 bits per heavy atom. The summed E-state index contributed by atoms with van der Waals surface area (Å²) in [5.74, 6) is 0.810. The zero-order chi connectivity index (χ0) is 11.3. The van der Waals surface area contributed by atoms with E-state index in [4.69, 9.17) is 0 Å². The van der Waals surface area contributed by atoms with Gasteiger partial charge in [-0.25, -0.2) is 4.98 Å². The van der Waals surface area contributed by atoms with Crippen LogP contribution >= 0.6 is 11.3 Å². The number of thiazole rings is 1. The third-order valence-electron chi connectivity index (χ3n) is 2.88. The maximum Gasteiger partial charge on any atom is 0.0900 e. The van der Waals surface area contributed by atoms with Gasteiger partial charge in [0.25, 0.3) is 0 Å². The Kier molecular flexibility index (Phi) is 5.26. The van der Waals surface area contributed by atoms with Gasteiger partial charge in [-0.2, -0.15) is 0 Å². The smallest absolute Gasteiger partial charge is 0.0900 e. The highest BCUT2D eigenvalue weighted by molar-refractivity contribution is 7.11. The van der Waals surface area contributed by atoms with Gasteiger partial charge in [-0.15, -0.1) is 11.3 Å². The highest BCUT2D eigenvalue weighted by atomic mass is 32.1. The first-order chi connectivity index (χ1) is 7.17. The maximum atomic E-state index is 4.51. The second-order valence-corrected chi connectivity index (χ2v) is 5.46. The highest BCUT2D eigenvalue weighted by Gasteiger charge is 2.06. The predicted molar refractivity (Wildman–Crippen MR) is 67.4 cm³/mol. The van der Waals surface area contributed by atoms with Gasteiger partial charge in [0.2, 0.25) is 0 Å². The Labute approximate surface area is 97.1 Å². The molecule has 15 heavy (non-hydrogen) atoms. The van der Waals surface area contributed by atoms with Crippen molar-refractivity contribution in [1.29, 1.82) is 0 Å². The van der Waals surface area contributed by atoms with Crippen LogP contribution in [0.1, 0.15) is 42.3 Å². The lowest BCUT2D eigenvalue weighted by atomic mass is 10.0. The molecule has 0 fully saturated rings. The van der Waals surface area contributed by atoms with E-state index in [1.54, 1.807) is 11.3 Å². The van der Waals surface area contributed by atoms with Gasteiger partial charge < -0.3 is 5.32 Å². The molecule has 0 bridgehead atoms. The minimum Gasteiger partial charge on any atom is -0.311 e. The van der Waals surface area contributed by atoms with Crippen LogP contribution in [-0.2, 0) is 6.54 Å². The lowest BCUT2D eigenvalue weighted by Gasteiger charge is -2.12. The van der Waals surface area contributed by atoms with Crippen LogP contribution in [-0.4, -0.2) is 11.5 Å². The molecular formula is C12H22N2S. The molecule has 0 aliphatic rings. The number of aromatic nitrogens is 1. The van der Waals surface area contributed by atoms with E-state index in [1.807, 2.05) is 0 Å². The van der Waals surface area contributed by atoms with Gasteiger partial charge in [0, 0.05) is 11.4 Å². The third kappa shape index (κ3) is 3.92. The number of nitrogens with one attached hydrogen (secondary N) is 1.